The zero-order valence-corrected chi connectivity index (χ0v) is 11.5. The van der Waals surface area contributed by atoms with Crippen LogP contribution in [0.3, 0.4) is 0 Å². The van der Waals surface area contributed by atoms with Crippen molar-refractivity contribution in [3.63, 3.8) is 0 Å². The van der Waals surface area contributed by atoms with Crippen molar-refractivity contribution in [3.05, 3.63) is 33.0 Å². The Labute approximate surface area is 108 Å². The monoisotopic (exact) mass is 309 g/mol. The molecule has 0 amide bonds. The SMILES string of the molecule is CCNCC(C)(O)c1ccc(Br)c(Cl)c1F. The molecule has 0 saturated carbocycles. The molecule has 0 aliphatic heterocycles. The van der Waals surface area contributed by atoms with Crippen LogP contribution in [-0.4, -0.2) is 18.2 Å². The number of halogens is 3. The second kappa shape index (κ2) is 5.45. The summed E-state index contributed by atoms with van der Waals surface area (Å²) in [6.45, 7) is 4.46. The highest BCUT2D eigenvalue weighted by Crippen LogP contribution is 2.32. The summed E-state index contributed by atoms with van der Waals surface area (Å²) in [7, 11) is 0. The molecule has 90 valence electrons. The second-order valence-electron chi connectivity index (χ2n) is 3.78. The number of likely N-dealkylation sites (N-methyl/N-ethyl adjacent to an activating group) is 1. The van der Waals surface area contributed by atoms with E-state index in [1.54, 1.807) is 13.0 Å². The molecule has 0 heterocycles. The van der Waals surface area contributed by atoms with Crippen molar-refractivity contribution in [3.8, 4) is 0 Å². The van der Waals surface area contributed by atoms with Crippen LogP contribution in [0.15, 0.2) is 16.6 Å². The molecule has 0 spiro atoms. The number of benzene rings is 1. The Morgan fingerprint density at radius 2 is 2.19 bits per heavy atom. The summed E-state index contributed by atoms with van der Waals surface area (Å²) >= 11 is 8.90. The number of hydrogen-bond acceptors (Lipinski definition) is 2. The van der Waals surface area contributed by atoms with Gasteiger partial charge in [0.1, 0.15) is 11.4 Å². The fraction of sp³-hybridized carbons (Fsp3) is 0.455. The molecule has 5 heteroatoms. The van der Waals surface area contributed by atoms with Gasteiger partial charge in [-0.2, -0.15) is 0 Å². The zero-order chi connectivity index (χ0) is 12.3. The molecule has 1 atom stereocenters. The van der Waals surface area contributed by atoms with Crippen molar-refractivity contribution >= 4 is 27.5 Å². The quantitative estimate of drug-likeness (QED) is 0.838. The molecule has 1 unspecified atom stereocenters. The molecular formula is C11H14BrClFNO. The molecule has 1 aromatic rings. The molecule has 2 nitrogen and oxygen atoms in total. The third kappa shape index (κ3) is 2.94. The third-order valence-electron chi connectivity index (χ3n) is 2.33. The van der Waals surface area contributed by atoms with Crippen molar-refractivity contribution in [1.82, 2.24) is 5.32 Å². The number of hydrogen-bond donors (Lipinski definition) is 2. The molecule has 0 bridgehead atoms. The van der Waals surface area contributed by atoms with E-state index in [1.165, 1.54) is 6.07 Å². The minimum Gasteiger partial charge on any atom is -0.384 e. The van der Waals surface area contributed by atoms with Gasteiger partial charge in [0.25, 0.3) is 0 Å². The molecule has 1 aromatic carbocycles. The van der Waals surface area contributed by atoms with Crippen molar-refractivity contribution in [2.45, 2.75) is 19.4 Å². The van der Waals surface area contributed by atoms with Crippen LogP contribution in [0.5, 0.6) is 0 Å². The summed E-state index contributed by atoms with van der Waals surface area (Å²) in [5, 5.41) is 13.1. The van der Waals surface area contributed by atoms with Crippen LogP contribution in [0.1, 0.15) is 19.4 Å². The van der Waals surface area contributed by atoms with Gasteiger partial charge in [0, 0.05) is 16.6 Å². The lowest BCUT2D eigenvalue weighted by Crippen LogP contribution is -2.36. The topological polar surface area (TPSA) is 32.3 Å². The Hall–Kier alpha value is -0.160. The van der Waals surface area contributed by atoms with Gasteiger partial charge in [-0.25, -0.2) is 4.39 Å². The Balaban J connectivity index is 3.08. The van der Waals surface area contributed by atoms with Gasteiger partial charge in [-0.1, -0.05) is 24.6 Å². The van der Waals surface area contributed by atoms with Gasteiger partial charge in [-0.15, -0.1) is 0 Å². The molecular weight excluding hydrogens is 296 g/mol. The van der Waals surface area contributed by atoms with E-state index in [-0.39, 0.29) is 17.1 Å². The fourth-order valence-corrected chi connectivity index (χ4v) is 1.88. The van der Waals surface area contributed by atoms with Gasteiger partial charge in [-0.3, -0.25) is 0 Å². The van der Waals surface area contributed by atoms with Crippen molar-refractivity contribution in [2.24, 2.45) is 0 Å². The lowest BCUT2D eigenvalue weighted by atomic mass is 9.95. The van der Waals surface area contributed by atoms with E-state index in [9.17, 15) is 9.50 Å². The van der Waals surface area contributed by atoms with Crippen molar-refractivity contribution < 1.29 is 9.50 Å². The van der Waals surface area contributed by atoms with Gasteiger partial charge in [0.2, 0.25) is 0 Å². The summed E-state index contributed by atoms with van der Waals surface area (Å²) in [6.07, 6.45) is 0. The van der Waals surface area contributed by atoms with E-state index in [0.717, 1.165) is 0 Å². The molecule has 0 aromatic heterocycles. The van der Waals surface area contributed by atoms with Crippen LogP contribution in [0.2, 0.25) is 5.02 Å². The number of rotatable bonds is 4. The minimum atomic E-state index is -1.27. The molecule has 1 rings (SSSR count). The first-order chi connectivity index (χ1) is 7.40. The van der Waals surface area contributed by atoms with Gasteiger partial charge in [0.15, 0.2) is 0 Å². The minimum absolute atomic E-state index is 0.00530. The largest absolute Gasteiger partial charge is 0.384 e. The van der Waals surface area contributed by atoms with E-state index in [2.05, 4.69) is 21.2 Å². The van der Waals surface area contributed by atoms with Gasteiger partial charge in [-0.05, 0) is 35.5 Å². The summed E-state index contributed by atoms with van der Waals surface area (Å²) in [6, 6.07) is 3.16. The summed E-state index contributed by atoms with van der Waals surface area (Å²) in [5.41, 5.74) is -1.08. The third-order valence-corrected chi connectivity index (χ3v) is 3.59. The molecule has 0 radical (unpaired) electrons. The van der Waals surface area contributed by atoms with Crippen LogP contribution < -0.4 is 5.32 Å². The average Bonchev–Trinajstić information content (AvgIpc) is 2.23. The Bertz CT molecular complexity index is 384. The van der Waals surface area contributed by atoms with Crippen molar-refractivity contribution in [1.29, 1.82) is 0 Å². The van der Waals surface area contributed by atoms with Crippen LogP contribution in [0.25, 0.3) is 0 Å². The average molecular weight is 311 g/mol. The van der Waals surface area contributed by atoms with Crippen molar-refractivity contribution in [2.75, 3.05) is 13.1 Å². The molecule has 0 saturated heterocycles. The number of aliphatic hydroxyl groups is 1. The first kappa shape index (κ1) is 13.9. The normalized spacial score (nSPS) is 14.9. The lowest BCUT2D eigenvalue weighted by Gasteiger charge is -2.25. The van der Waals surface area contributed by atoms with E-state index in [4.69, 9.17) is 11.6 Å². The van der Waals surface area contributed by atoms with Gasteiger partial charge < -0.3 is 10.4 Å². The van der Waals surface area contributed by atoms with Crippen LogP contribution in [0.4, 0.5) is 4.39 Å². The number of nitrogens with one attached hydrogen (secondary N) is 1. The molecule has 0 fully saturated rings. The highest BCUT2D eigenvalue weighted by atomic mass is 79.9. The standard InChI is InChI=1S/C11H14BrClFNO/c1-3-15-6-11(2,16)7-4-5-8(12)9(13)10(7)14/h4-5,15-16H,3,6H2,1-2H3. The maximum atomic E-state index is 13.8. The molecule has 16 heavy (non-hydrogen) atoms. The lowest BCUT2D eigenvalue weighted by molar-refractivity contribution is 0.0538. The maximum absolute atomic E-state index is 13.8. The second-order valence-corrected chi connectivity index (χ2v) is 5.01. The van der Waals surface area contributed by atoms with Gasteiger partial charge in [0.05, 0.1) is 5.02 Å². The first-order valence-corrected chi connectivity index (χ1v) is 6.14. The summed E-state index contributed by atoms with van der Waals surface area (Å²) in [5.74, 6) is -0.584. The summed E-state index contributed by atoms with van der Waals surface area (Å²) in [4.78, 5) is 0. The highest BCUT2D eigenvalue weighted by Gasteiger charge is 2.27. The van der Waals surface area contributed by atoms with E-state index in [1.807, 2.05) is 6.92 Å². The van der Waals surface area contributed by atoms with Gasteiger partial charge >= 0.3 is 0 Å². The van der Waals surface area contributed by atoms with E-state index in [0.29, 0.717) is 11.0 Å². The Morgan fingerprint density at radius 1 is 1.56 bits per heavy atom. The van der Waals surface area contributed by atoms with Crippen LogP contribution in [-0.2, 0) is 5.60 Å². The van der Waals surface area contributed by atoms with E-state index < -0.39 is 11.4 Å². The zero-order valence-electron chi connectivity index (χ0n) is 9.15. The molecule has 0 aliphatic carbocycles. The van der Waals surface area contributed by atoms with Crippen LogP contribution >= 0.6 is 27.5 Å². The Morgan fingerprint density at radius 3 is 2.75 bits per heavy atom. The predicted molar refractivity (Wildman–Crippen MR) is 67.2 cm³/mol. The predicted octanol–water partition coefficient (Wildman–Crippen LogP) is 3.06. The molecule has 0 aliphatic rings. The van der Waals surface area contributed by atoms with E-state index >= 15 is 0 Å². The smallest absolute Gasteiger partial charge is 0.149 e. The maximum Gasteiger partial charge on any atom is 0.149 e. The molecule has 2 N–H and O–H groups in total. The Kier molecular flexibility index (Phi) is 4.73. The fourth-order valence-electron chi connectivity index (χ4n) is 1.41. The first-order valence-electron chi connectivity index (χ1n) is 4.97. The highest BCUT2D eigenvalue weighted by molar-refractivity contribution is 9.10. The summed E-state index contributed by atoms with van der Waals surface area (Å²) < 4.78 is 14.3. The van der Waals surface area contributed by atoms with Crippen LogP contribution in [0, 0.1) is 5.82 Å².